The van der Waals surface area contributed by atoms with Gasteiger partial charge in [0.05, 0.1) is 0 Å². The summed E-state index contributed by atoms with van der Waals surface area (Å²) < 4.78 is 0. The van der Waals surface area contributed by atoms with Gasteiger partial charge in [-0.25, -0.2) is 0 Å². The predicted octanol–water partition coefficient (Wildman–Crippen LogP) is 3.27. The molecule has 0 bridgehead atoms. The van der Waals surface area contributed by atoms with Gasteiger partial charge in [-0.2, -0.15) is 0 Å². The molecular formula is C14H12ClNO. The Morgan fingerprint density at radius 1 is 1.06 bits per heavy atom. The van der Waals surface area contributed by atoms with Crippen LogP contribution in [-0.2, 0) is 6.54 Å². The van der Waals surface area contributed by atoms with Crippen molar-refractivity contribution in [3.05, 3.63) is 70.7 Å². The number of benzene rings is 2. The fraction of sp³-hybridized carbons (Fsp3) is 0.0714. The van der Waals surface area contributed by atoms with Gasteiger partial charge in [0, 0.05) is 17.1 Å². The summed E-state index contributed by atoms with van der Waals surface area (Å²) in [4.78, 5) is 11.8. The van der Waals surface area contributed by atoms with Gasteiger partial charge in [0.1, 0.15) is 0 Å². The van der Waals surface area contributed by atoms with Gasteiger partial charge < -0.3 is 5.32 Å². The third kappa shape index (κ3) is 3.33. The van der Waals surface area contributed by atoms with Crippen molar-refractivity contribution in [3.8, 4) is 0 Å². The molecule has 0 spiro atoms. The summed E-state index contributed by atoms with van der Waals surface area (Å²) in [5.41, 5.74) is 1.65. The molecule has 0 aliphatic carbocycles. The minimum atomic E-state index is -0.114. The summed E-state index contributed by atoms with van der Waals surface area (Å²) in [7, 11) is 0. The standard InChI is InChI=1S/C14H12ClNO/c15-13-8-4-7-12(9-13)14(17)16-10-11-5-2-1-3-6-11/h1-9H,10H2,(H,16,17)/i14-1. The maximum absolute atomic E-state index is 11.8. The van der Waals surface area contributed by atoms with E-state index in [9.17, 15) is 4.79 Å². The van der Waals surface area contributed by atoms with Crippen LogP contribution in [0.2, 0.25) is 5.02 Å². The van der Waals surface area contributed by atoms with Crippen molar-refractivity contribution in [1.82, 2.24) is 5.32 Å². The largest absolute Gasteiger partial charge is 0.348 e. The first-order chi connectivity index (χ1) is 8.25. The maximum atomic E-state index is 11.8. The number of hydrogen-bond acceptors (Lipinski definition) is 1. The molecule has 0 fully saturated rings. The van der Waals surface area contributed by atoms with Gasteiger partial charge in [0.15, 0.2) is 0 Å². The molecule has 2 nitrogen and oxygen atoms in total. The van der Waals surface area contributed by atoms with E-state index in [1.54, 1.807) is 24.3 Å². The van der Waals surface area contributed by atoms with E-state index in [1.165, 1.54) is 0 Å². The molecule has 1 N–H and O–H groups in total. The van der Waals surface area contributed by atoms with Crippen molar-refractivity contribution in [2.45, 2.75) is 6.54 Å². The number of carbonyl (C=O) groups is 1. The zero-order chi connectivity index (χ0) is 12.1. The molecule has 3 heteroatoms. The summed E-state index contributed by atoms with van der Waals surface area (Å²) in [6.45, 7) is 0.520. The Morgan fingerprint density at radius 2 is 1.82 bits per heavy atom. The quantitative estimate of drug-likeness (QED) is 0.882. The van der Waals surface area contributed by atoms with Crippen molar-refractivity contribution in [2.24, 2.45) is 0 Å². The Kier molecular flexibility index (Phi) is 3.78. The molecule has 2 rings (SSSR count). The van der Waals surface area contributed by atoms with E-state index in [2.05, 4.69) is 5.32 Å². The maximum Gasteiger partial charge on any atom is 0.251 e. The third-order valence-corrected chi connectivity index (χ3v) is 2.62. The van der Waals surface area contributed by atoms with Gasteiger partial charge in [-0.3, -0.25) is 4.79 Å². The predicted molar refractivity (Wildman–Crippen MR) is 69.1 cm³/mol. The van der Waals surface area contributed by atoms with Gasteiger partial charge in [-0.05, 0) is 23.8 Å². The van der Waals surface area contributed by atoms with Gasteiger partial charge in [0.25, 0.3) is 5.91 Å². The van der Waals surface area contributed by atoms with Crippen molar-refractivity contribution >= 4 is 17.5 Å². The number of halogens is 1. The van der Waals surface area contributed by atoms with E-state index in [4.69, 9.17) is 11.6 Å². The van der Waals surface area contributed by atoms with Crippen LogP contribution in [0.1, 0.15) is 15.9 Å². The zero-order valence-corrected chi connectivity index (χ0v) is 9.95. The van der Waals surface area contributed by atoms with Crippen molar-refractivity contribution in [3.63, 3.8) is 0 Å². The van der Waals surface area contributed by atoms with Crippen molar-refractivity contribution in [2.75, 3.05) is 0 Å². The summed E-state index contributed by atoms with van der Waals surface area (Å²) in [5.74, 6) is -0.114. The first kappa shape index (κ1) is 11.7. The zero-order valence-electron chi connectivity index (χ0n) is 9.19. The average molecular weight is 245 g/mol. The van der Waals surface area contributed by atoms with Crippen LogP contribution in [0.4, 0.5) is 0 Å². The monoisotopic (exact) mass is 244 g/mol. The molecule has 1 amide bonds. The fourth-order valence-electron chi connectivity index (χ4n) is 1.51. The molecule has 0 unspecified atom stereocenters. The Hall–Kier alpha value is -1.80. The number of rotatable bonds is 3. The lowest BCUT2D eigenvalue weighted by Crippen LogP contribution is -2.22. The van der Waals surface area contributed by atoms with E-state index in [0.717, 1.165) is 5.56 Å². The summed E-state index contributed by atoms with van der Waals surface area (Å²) in [6.07, 6.45) is 0. The van der Waals surface area contributed by atoms with Gasteiger partial charge in [0.2, 0.25) is 0 Å². The summed E-state index contributed by atoms with van der Waals surface area (Å²) >= 11 is 5.83. The minimum absolute atomic E-state index is 0.114. The minimum Gasteiger partial charge on any atom is -0.348 e. The topological polar surface area (TPSA) is 29.1 Å². The average Bonchev–Trinajstić information content (AvgIpc) is 2.37. The van der Waals surface area contributed by atoms with E-state index in [-0.39, 0.29) is 5.91 Å². The van der Waals surface area contributed by atoms with Crippen LogP contribution in [0.25, 0.3) is 0 Å². The molecule has 0 saturated carbocycles. The molecule has 0 aromatic heterocycles. The normalized spacial score (nSPS) is 9.94. The number of amides is 1. The molecule has 17 heavy (non-hydrogen) atoms. The Balaban J connectivity index is 1.98. The molecule has 0 heterocycles. The van der Waals surface area contributed by atoms with Crippen LogP contribution in [0.15, 0.2) is 54.6 Å². The summed E-state index contributed by atoms with van der Waals surface area (Å²) in [5, 5.41) is 3.41. The first-order valence-electron chi connectivity index (χ1n) is 5.33. The summed E-state index contributed by atoms with van der Waals surface area (Å²) in [6, 6.07) is 16.7. The lowest BCUT2D eigenvalue weighted by Gasteiger charge is -2.05. The van der Waals surface area contributed by atoms with E-state index < -0.39 is 0 Å². The second-order valence-electron chi connectivity index (χ2n) is 3.68. The molecule has 2 aromatic carbocycles. The van der Waals surface area contributed by atoms with Crippen molar-refractivity contribution in [1.29, 1.82) is 0 Å². The molecule has 0 aliphatic rings. The highest BCUT2D eigenvalue weighted by atomic mass is 35.5. The number of carbonyl (C=O) groups excluding carboxylic acids is 1. The lowest BCUT2D eigenvalue weighted by atomic mass is 9.89. The molecule has 0 aliphatic heterocycles. The number of hydrogen-bond donors (Lipinski definition) is 1. The molecule has 0 saturated heterocycles. The van der Waals surface area contributed by atoms with Crippen LogP contribution in [0.5, 0.6) is 0 Å². The fourth-order valence-corrected chi connectivity index (χ4v) is 1.70. The highest BCUT2D eigenvalue weighted by molar-refractivity contribution is 6.30. The van der Waals surface area contributed by atoms with Crippen LogP contribution < -0.4 is 5.32 Å². The van der Waals surface area contributed by atoms with Crippen LogP contribution in [0.3, 0.4) is 0 Å². The Labute approximate surface area is 105 Å². The van der Waals surface area contributed by atoms with E-state index in [1.807, 2.05) is 30.3 Å². The van der Waals surface area contributed by atoms with Gasteiger partial charge >= 0.3 is 0 Å². The highest BCUT2D eigenvalue weighted by Gasteiger charge is 2.04. The third-order valence-electron chi connectivity index (χ3n) is 2.38. The van der Waals surface area contributed by atoms with Crippen LogP contribution >= 0.6 is 11.6 Å². The van der Waals surface area contributed by atoms with E-state index in [0.29, 0.717) is 17.1 Å². The van der Waals surface area contributed by atoms with Crippen LogP contribution in [0, 0.1) is 0 Å². The Bertz CT molecular complexity index is 511. The van der Waals surface area contributed by atoms with E-state index >= 15 is 0 Å². The molecule has 86 valence electrons. The molecular weight excluding hydrogens is 233 g/mol. The smallest absolute Gasteiger partial charge is 0.251 e. The first-order valence-corrected chi connectivity index (χ1v) is 5.71. The molecule has 0 atom stereocenters. The SMILES string of the molecule is O=[11C](NCc1ccccc1)c1cccc(Cl)c1. The Morgan fingerprint density at radius 3 is 2.53 bits per heavy atom. The molecule has 2 aromatic rings. The number of nitrogens with one attached hydrogen (secondary N) is 1. The van der Waals surface area contributed by atoms with Crippen LogP contribution in [-0.4, -0.2) is 5.91 Å². The second-order valence-corrected chi connectivity index (χ2v) is 4.12. The second kappa shape index (κ2) is 5.51. The van der Waals surface area contributed by atoms with Crippen molar-refractivity contribution < 1.29 is 4.79 Å². The lowest BCUT2D eigenvalue weighted by molar-refractivity contribution is 0.0951. The van der Waals surface area contributed by atoms with Gasteiger partial charge in [-0.1, -0.05) is 48.0 Å². The van der Waals surface area contributed by atoms with Gasteiger partial charge in [-0.15, -0.1) is 0 Å². The molecule has 0 radical (unpaired) electrons. The highest BCUT2D eigenvalue weighted by Crippen LogP contribution is 2.10.